The number of anilines is 1. The molecule has 40 heavy (non-hydrogen) atoms. The van der Waals surface area contributed by atoms with E-state index in [-0.39, 0.29) is 24.3 Å². The van der Waals surface area contributed by atoms with Crippen LogP contribution in [0, 0.1) is 6.92 Å². The molecule has 1 N–H and O–H groups in total. The Balaban J connectivity index is 1.31. The van der Waals surface area contributed by atoms with E-state index in [4.69, 9.17) is 9.72 Å². The summed E-state index contributed by atoms with van der Waals surface area (Å²) in [5, 5.41) is 3.04. The number of imidazole rings is 1. The molecule has 0 bridgehead atoms. The maximum atomic E-state index is 13.2. The van der Waals surface area contributed by atoms with Gasteiger partial charge in [0.25, 0.3) is 5.91 Å². The third kappa shape index (κ3) is 6.42. The Bertz CT molecular complexity index is 1430. The number of rotatable bonds is 9. The first kappa shape index (κ1) is 26.8. The molecule has 1 saturated heterocycles. The van der Waals surface area contributed by atoms with E-state index in [2.05, 4.69) is 25.2 Å². The number of amides is 2. The van der Waals surface area contributed by atoms with Crippen LogP contribution in [0.25, 0.3) is 5.95 Å². The van der Waals surface area contributed by atoms with Crippen LogP contribution in [0.4, 0.5) is 5.82 Å². The standard InChI is InChI=1S/C29H32N8O3/c1-21-16-26(34-29(33-21)36-13-12-31-20-36)37-15-14-35(28(39)23-4-3-10-30-18-23)19-24(37)17-27(38)32-11-9-22-5-7-25(40-2)8-6-22/h3-8,10,12-13,16,18,20,24H,9,11,14-15,17,19H2,1-2H3,(H,32,38). The number of ether oxygens (including phenoxy) is 1. The van der Waals surface area contributed by atoms with Crippen molar-refractivity contribution >= 4 is 17.6 Å². The zero-order chi connectivity index (χ0) is 27.9. The van der Waals surface area contributed by atoms with Crippen LogP contribution in [0.2, 0.25) is 0 Å². The summed E-state index contributed by atoms with van der Waals surface area (Å²) in [4.78, 5) is 47.8. The highest BCUT2D eigenvalue weighted by molar-refractivity contribution is 5.94. The van der Waals surface area contributed by atoms with Crippen molar-refractivity contribution < 1.29 is 14.3 Å². The Morgan fingerprint density at radius 3 is 2.65 bits per heavy atom. The molecule has 0 saturated carbocycles. The van der Waals surface area contributed by atoms with Crippen LogP contribution < -0.4 is 15.0 Å². The first-order chi connectivity index (χ1) is 19.5. The van der Waals surface area contributed by atoms with Crippen molar-refractivity contribution in [2.45, 2.75) is 25.8 Å². The lowest BCUT2D eigenvalue weighted by Crippen LogP contribution is -2.56. The van der Waals surface area contributed by atoms with Gasteiger partial charge in [0.05, 0.1) is 18.7 Å². The number of carbonyl (C=O) groups excluding carboxylic acids is 2. The minimum Gasteiger partial charge on any atom is -0.497 e. The first-order valence-corrected chi connectivity index (χ1v) is 13.2. The van der Waals surface area contributed by atoms with Crippen LogP contribution in [0.5, 0.6) is 5.75 Å². The highest BCUT2D eigenvalue weighted by Gasteiger charge is 2.33. The van der Waals surface area contributed by atoms with E-state index >= 15 is 0 Å². The lowest BCUT2D eigenvalue weighted by molar-refractivity contribution is -0.121. The van der Waals surface area contributed by atoms with E-state index in [1.807, 2.05) is 37.3 Å². The van der Waals surface area contributed by atoms with Crippen LogP contribution in [0.1, 0.15) is 28.0 Å². The van der Waals surface area contributed by atoms with Crippen molar-refractivity contribution in [1.29, 1.82) is 0 Å². The minimum atomic E-state index is -0.278. The van der Waals surface area contributed by atoms with Gasteiger partial charge in [-0.25, -0.2) is 9.97 Å². The highest BCUT2D eigenvalue weighted by atomic mass is 16.5. The Labute approximate surface area is 232 Å². The second-order valence-corrected chi connectivity index (χ2v) is 9.63. The number of hydrogen-bond donors (Lipinski definition) is 1. The lowest BCUT2D eigenvalue weighted by atomic mass is 10.1. The van der Waals surface area contributed by atoms with Crippen molar-refractivity contribution in [2.75, 3.05) is 38.2 Å². The SMILES string of the molecule is COc1ccc(CCNC(=O)CC2CN(C(=O)c3cccnc3)CCN2c2cc(C)nc(-n3ccnc3)n2)cc1. The lowest BCUT2D eigenvalue weighted by Gasteiger charge is -2.42. The summed E-state index contributed by atoms with van der Waals surface area (Å²) >= 11 is 0. The van der Waals surface area contributed by atoms with E-state index in [1.54, 1.807) is 59.8 Å². The highest BCUT2D eigenvalue weighted by Crippen LogP contribution is 2.23. The molecule has 4 aromatic rings. The molecule has 11 nitrogen and oxygen atoms in total. The molecule has 1 aliphatic rings. The second kappa shape index (κ2) is 12.4. The van der Waals surface area contributed by atoms with Gasteiger partial charge in [-0.2, -0.15) is 4.98 Å². The van der Waals surface area contributed by atoms with Crippen LogP contribution in [0.3, 0.4) is 0 Å². The van der Waals surface area contributed by atoms with Gasteiger partial charge in [0.1, 0.15) is 17.9 Å². The quantitative estimate of drug-likeness (QED) is 0.344. The third-order valence-electron chi connectivity index (χ3n) is 6.85. The van der Waals surface area contributed by atoms with Gasteiger partial charge in [-0.1, -0.05) is 12.1 Å². The third-order valence-corrected chi connectivity index (χ3v) is 6.85. The second-order valence-electron chi connectivity index (χ2n) is 9.63. The largest absolute Gasteiger partial charge is 0.497 e. The molecule has 2 amide bonds. The smallest absolute Gasteiger partial charge is 0.255 e. The fourth-order valence-electron chi connectivity index (χ4n) is 4.79. The van der Waals surface area contributed by atoms with Crippen LogP contribution in [-0.2, 0) is 11.2 Å². The Morgan fingerprint density at radius 1 is 1.07 bits per heavy atom. The predicted octanol–water partition coefficient (Wildman–Crippen LogP) is 2.45. The molecule has 0 spiro atoms. The van der Waals surface area contributed by atoms with Crippen LogP contribution in [0.15, 0.2) is 73.6 Å². The number of pyridine rings is 1. The number of methoxy groups -OCH3 is 1. The molecule has 5 rings (SSSR count). The number of hydrogen-bond acceptors (Lipinski definition) is 8. The van der Waals surface area contributed by atoms with Gasteiger partial charge < -0.3 is 19.9 Å². The average Bonchev–Trinajstić information content (AvgIpc) is 3.53. The number of nitrogens with one attached hydrogen (secondary N) is 1. The Kier molecular flexibility index (Phi) is 8.29. The normalized spacial score (nSPS) is 15.1. The molecule has 1 aliphatic heterocycles. The van der Waals surface area contributed by atoms with Crippen molar-refractivity contribution in [1.82, 2.24) is 34.7 Å². The van der Waals surface area contributed by atoms with E-state index < -0.39 is 0 Å². The van der Waals surface area contributed by atoms with Gasteiger partial charge in [-0.3, -0.25) is 19.1 Å². The van der Waals surface area contributed by atoms with Crippen molar-refractivity contribution in [3.05, 3.63) is 90.4 Å². The zero-order valence-corrected chi connectivity index (χ0v) is 22.6. The number of piperazine rings is 1. The summed E-state index contributed by atoms with van der Waals surface area (Å²) in [7, 11) is 1.64. The predicted molar refractivity (Wildman–Crippen MR) is 149 cm³/mol. The zero-order valence-electron chi connectivity index (χ0n) is 22.6. The molecule has 3 aromatic heterocycles. The molecule has 0 radical (unpaired) electrons. The molecular weight excluding hydrogens is 508 g/mol. The maximum Gasteiger partial charge on any atom is 0.255 e. The van der Waals surface area contributed by atoms with Gasteiger partial charge >= 0.3 is 0 Å². The van der Waals surface area contributed by atoms with Crippen molar-refractivity contribution in [3.8, 4) is 11.7 Å². The number of benzene rings is 1. The molecule has 1 fully saturated rings. The van der Waals surface area contributed by atoms with Gasteiger partial charge in [-0.05, 0) is 43.2 Å². The van der Waals surface area contributed by atoms with Gasteiger partial charge in [0.2, 0.25) is 11.9 Å². The summed E-state index contributed by atoms with van der Waals surface area (Å²) in [6.07, 6.45) is 9.24. The number of nitrogens with zero attached hydrogens (tertiary/aromatic N) is 7. The summed E-state index contributed by atoms with van der Waals surface area (Å²) in [6, 6.07) is 12.9. The van der Waals surface area contributed by atoms with Crippen molar-refractivity contribution in [2.24, 2.45) is 0 Å². The maximum absolute atomic E-state index is 13.2. The summed E-state index contributed by atoms with van der Waals surface area (Å²) < 4.78 is 6.96. The fourth-order valence-corrected chi connectivity index (χ4v) is 4.79. The number of carbonyl (C=O) groups is 2. The monoisotopic (exact) mass is 540 g/mol. The van der Waals surface area contributed by atoms with Gasteiger partial charge in [-0.15, -0.1) is 0 Å². The van der Waals surface area contributed by atoms with Gasteiger partial charge in [0, 0.05) is 69.1 Å². The fraction of sp³-hybridized carbons (Fsp3) is 0.310. The molecule has 1 atom stereocenters. The molecule has 1 aromatic carbocycles. The molecule has 206 valence electrons. The van der Waals surface area contributed by atoms with Crippen LogP contribution >= 0.6 is 0 Å². The molecular formula is C29H32N8O3. The van der Waals surface area contributed by atoms with E-state index in [0.29, 0.717) is 49.9 Å². The molecule has 11 heteroatoms. The Hall–Kier alpha value is -4.80. The molecule has 4 heterocycles. The topological polar surface area (TPSA) is 118 Å². The number of aromatic nitrogens is 5. The average molecular weight is 541 g/mol. The number of aryl methyl sites for hydroxylation is 1. The van der Waals surface area contributed by atoms with E-state index in [0.717, 1.165) is 17.0 Å². The van der Waals surface area contributed by atoms with E-state index in [1.165, 1.54) is 0 Å². The Morgan fingerprint density at radius 2 is 1.93 bits per heavy atom. The van der Waals surface area contributed by atoms with E-state index in [9.17, 15) is 9.59 Å². The summed E-state index contributed by atoms with van der Waals surface area (Å²) in [5.41, 5.74) is 2.43. The van der Waals surface area contributed by atoms with Crippen LogP contribution in [-0.4, -0.2) is 80.5 Å². The summed E-state index contributed by atoms with van der Waals surface area (Å²) in [6.45, 7) is 3.81. The molecule has 1 unspecified atom stereocenters. The summed E-state index contributed by atoms with van der Waals surface area (Å²) in [5.74, 6) is 1.83. The first-order valence-electron chi connectivity index (χ1n) is 13.2. The minimum absolute atomic E-state index is 0.0835. The van der Waals surface area contributed by atoms with Gasteiger partial charge in [0.15, 0.2) is 0 Å². The van der Waals surface area contributed by atoms with Crippen molar-refractivity contribution in [3.63, 3.8) is 0 Å². The molecule has 0 aliphatic carbocycles.